The second kappa shape index (κ2) is 9.24. The fourth-order valence-electron chi connectivity index (χ4n) is 3.17. The highest BCUT2D eigenvalue weighted by atomic mass is 32.2. The van der Waals surface area contributed by atoms with Gasteiger partial charge in [0.25, 0.3) is 5.91 Å². The quantitative estimate of drug-likeness (QED) is 0.449. The molecule has 3 nitrogen and oxygen atoms in total. The van der Waals surface area contributed by atoms with Crippen LogP contribution in [0.3, 0.4) is 0 Å². The van der Waals surface area contributed by atoms with Crippen LogP contribution in [0.15, 0.2) is 59.5 Å². The van der Waals surface area contributed by atoms with Crippen molar-refractivity contribution in [1.29, 1.82) is 0 Å². The highest BCUT2D eigenvalue weighted by molar-refractivity contribution is 8.24. The Hall–Kier alpha value is -1.34. The van der Waals surface area contributed by atoms with Crippen molar-refractivity contribution in [3.8, 4) is 0 Å². The molecule has 0 spiro atoms. The van der Waals surface area contributed by atoms with Crippen LogP contribution in [0.4, 0.5) is 0 Å². The summed E-state index contributed by atoms with van der Waals surface area (Å²) >= 11 is 8.83. The molecule has 3 rings (SSSR count). The third kappa shape index (κ3) is 4.57. The van der Waals surface area contributed by atoms with Crippen molar-refractivity contribution in [2.75, 3.05) is 13.1 Å². The Morgan fingerprint density at radius 3 is 2.48 bits per heavy atom. The molecule has 0 aromatic heterocycles. The highest BCUT2D eigenvalue weighted by Gasteiger charge is 2.44. The van der Waals surface area contributed by atoms with Crippen molar-refractivity contribution in [2.24, 2.45) is 0 Å². The maximum Gasteiger partial charge on any atom is 0.257 e. The van der Waals surface area contributed by atoms with Crippen LogP contribution in [0, 0.1) is 6.92 Å². The van der Waals surface area contributed by atoms with Gasteiger partial charge in [-0.15, -0.1) is 11.8 Å². The number of nitrogens with zero attached hydrogens (tertiary/aromatic N) is 2. The zero-order chi connectivity index (χ0) is 19.4. The SMILES string of the molecule is CCN(CC)N1C(=O)C(C(Sc2ccccc2)c2cccc(C)c2)SC1=S. The molecule has 2 aromatic rings. The molecule has 0 saturated carbocycles. The molecule has 2 unspecified atom stereocenters. The maximum atomic E-state index is 13.3. The van der Waals surface area contributed by atoms with Gasteiger partial charge in [-0.3, -0.25) is 4.79 Å². The Kier molecular flexibility index (Phi) is 6.98. The van der Waals surface area contributed by atoms with Gasteiger partial charge in [-0.2, -0.15) is 0 Å². The standard InChI is InChI=1S/C21H24N2OS3/c1-4-22(5-2)23-20(24)19(27-21(23)25)18(16-11-9-10-15(3)14-16)26-17-12-7-6-8-13-17/h6-14,18-19H,4-5H2,1-3H3. The normalized spacial score (nSPS) is 18.4. The van der Waals surface area contributed by atoms with Crippen molar-refractivity contribution < 1.29 is 4.79 Å². The third-order valence-corrected chi connectivity index (χ3v) is 7.60. The number of hydrogen-bond acceptors (Lipinski definition) is 5. The topological polar surface area (TPSA) is 23.6 Å². The zero-order valence-electron chi connectivity index (χ0n) is 15.8. The van der Waals surface area contributed by atoms with Crippen LogP contribution in [0.25, 0.3) is 0 Å². The second-order valence-corrected chi connectivity index (χ2v) is 9.35. The Labute approximate surface area is 175 Å². The van der Waals surface area contributed by atoms with Gasteiger partial charge in [-0.25, -0.2) is 10.0 Å². The number of carbonyl (C=O) groups excluding carboxylic acids is 1. The van der Waals surface area contributed by atoms with E-state index in [0.29, 0.717) is 4.32 Å². The fraction of sp³-hybridized carbons (Fsp3) is 0.333. The minimum Gasteiger partial charge on any atom is -0.272 e. The van der Waals surface area contributed by atoms with E-state index in [1.807, 2.05) is 37.1 Å². The predicted molar refractivity (Wildman–Crippen MR) is 120 cm³/mol. The summed E-state index contributed by atoms with van der Waals surface area (Å²) in [6.45, 7) is 7.71. The maximum absolute atomic E-state index is 13.3. The zero-order valence-corrected chi connectivity index (χ0v) is 18.2. The summed E-state index contributed by atoms with van der Waals surface area (Å²) in [6, 6.07) is 18.7. The van der Waals surface area contributed by atoms with Gasteiger partial charge in [0.15, 0.2) is 4.32 Å². The summed E-state index contributed by atoms with van der Waals surface area (Å²) in [4.78, 5) is 14.5. The lowest BCUT2D eigenvalue weighted by atomic mass is 10.1. The van der Waals surface area contributed by atoms with Gasteiger partial charge >= 0.3 is 0 Å². The van der Waals surface area contributed by atoms with E-state index >= 15 is 0 Å². The number of aryl methyl sites for hydroxylation is 1. The molecule has 0 N–H and O–H groups in total. The van der Waals surface area contributed by atoms with Gasteiger partial charge in [-0.1, -0.05) is 85.9 Å². The summed E-state index contributed by atoms with van der Waals surface area (Å²) in [5.41, 5.74) is 2.36. The van der Waals surface area contributed by atoms with E-state index < -0.39 is 0 Å². The lowest BCUT2D eigenvalue weighted by molar-refractivity contribution is -0.137. The molecule has 142 valence electrons. The van der Waals surface area contributed by atoms with E-state index in [9.17, 15) is 4.79 Å². The van der Waals surface area contributed by atoms with E-state index in [0.717, 1.165) is 18.0 Å². The number of thioether (sulfide) groups is 2. The molecule has 6 heteroatoms. The molecule has 0 bridgehead atoms. The number of amides is 1. The smallest absolute Gasteiger partial charge is 0.257 e. The summed E-state index contributed by atoms with van der Waals surface area (Å²) in [6.07, 6.45) is 0. The van der Waals surface area contributed by atoms with Crippen molar-refractivity contribution in [2.45, 2.75) is 36.2 Å². The lowest BCUT2D eigenvalue weighted by Crippen LogP contribution is -2.46. The molecular weight excluding hydrogens is 392 g/mol. The van der Waals surface area contributed by atoms with Crippen LogP contribution in [-0.4, -0.2) is 38.6 Å². The van der Waals surface area contributed by atoms with E-state index in [1.54, 1.807) is 16.8 Å². The third-order valence-electron chi connectivity index (χ3n) is 4.52. The van der Waals surface area contributed by atoms with E-state index in [2.05, 4.69) is 43.3 Å². The summed E-state index contributed by atoms with van der Waals surface area (Å²) in [7, 11) is 0. The minimum absolute atomic E-state index is 0.00307. The average molecular weight is 417 g/mol. The molecule has 1 aliphatic rings. The number of hydrazine groups is 1. The summed E-state index contributed by atoms with van der Waals surface area (Å²) in [5.74, 6) is 0.0867. The molecule has 1 fully saturated rings. The Morgan fingerprint density at radius 1 is 1.15 bits per heavy atom. The molecule has 27 heavy (non-hydrogen) atoms. The van der Waals surface area contributed by atoms with Crippen LogP contribution in [-0.2, 0) is 4.79 Å². The van der Waals surface area contributed by atoms with Gasteiger partial charge in [-0.05, 0) is 24.6 Å². The van der Waals surface area contributed by atoms with Crippen molar-refractivity contribution >= 4 is 46.0 Å². The predicted octanol–water partition coefficient (Wildman–Crippen LogP) is 5.31. The van der Waals surface area contributed by atoms with Crippen LogP contribution in [0.1, 0.15) is 30.2 Å². The lowest BCUT2D eigenvalue weighted by Gasteiger charge is -2.29. The van der Waals surface area contributed by atoms with Crippen LogP contribution in [0.5, 0.6) is 0 Å². The summed E-state index contributed by atoms with van der Waals surface area (Å²) in [5, 5.41) is 3.49. The Balaban J connectivity index is 1.95. The van der Waals surface area contributed by atoms with Crippen molar-refractivity contribution in [3.05, 3.63) is 65.7 Å². The molecule has 1 saturated heterocycles. The molecule has 2 atom stereocenters. The fourth-order valence-corrected chi connectivity index (χ4v) is 6.15. The van der Waals surface area contributed by atoms with Gasteiger partial charge < -0.3 is 0 Å². The molecule has 1 amide bonds. The highest BCUT2D eigenvalue weighted by Crippen LogP contribution is 2.46. The van der Waals surface area contributed by atoms with Crippen molar-refractivity contribution in [3.63, 3.8) is 0 Å². The molecule has 1 aliphatic heterocycles. The minimum atomic E-state index is -0.231. The van der Waals surface area contributed by atoms with Crippen LogP contribution >= 0.6 is 35.7 Å². The number of benzene rings is 2. The molecule has 0 radical (unpaired) electrons. The van der Waals surface area contributed by atoms with Crippen LogP contribution in [0.2, 0.25) is 0 Å². The van der Waals surface area contributed by atoms with E-state index in [4.69, 9.17) is 12.2 Å². The molecule has 2 aromatic carbocycles. The number of rotatable bonds is 7. The first kappa shape index (κ1) is 20.4. The number of hydrogen-bond donors (Lipinski definition) is 0. The van der Waals surface area contributed by atoms with Gasteiger partial charge in [0.2, 0.25) is 0 Å². The van der Waals surface area contributed by atoms with Gasteiger partial charge in [0.05, 0.1) is 5.25 Å². The first-order valence-electron chi connectivity index (χ1n) is 9.12. The van der Waals surface area contributed by atoms with Gasteiger partial charge in [0, 0.05) is 18.0 Å². The number of carbonyl (C=O) groups is 1. The molecular formula is C21H24N2OS3. The van der Waals surface area contributed by atoms with Crippen LogP contribution < -0.4 is 0 Å². The largest absolute Gasteiger partial charge is 0.272 e. The van der Waals surface area contributed by atoms with Crippen molar-refractivity contribution in [1.82, 2.24) is 10.0 Å². The number of thiocarbonyl (C=S) groups is 1. The molecule has 0 aliphatic carbocycles. The average Bonchev–Trinajstić information content (AvgIpc) is 2.96. The van der Waals surface area contributed by atoms with Gasteiger partial charge in [0.1, 0.15) is 5.25 Å². The second-order valence-electron chi connectivity index (χ2n) is 6.36. The summed E-state index contributed by atoms with van der Waals surface area (Å²) < 4.78 is 0.653. The monoisotopic (exact) mass is 416 g/mol. The molecule has 1 heterocycles. The Bertz CT molecular complexity index is 808. The Morgan fingerprint density at radius 2 is 1.85 bits per heavy atom. The first-order valence-corrected chi connectivity index (χ1v) is 11.3. The van der Waals surface area contributed by atoms with E-state index in [1.165, 1.54) is 22.9 Å². The first-order chi connectivity index (χ1) is 13.0. The van der Waals surface area contributed by atoms with E-state index in [-0.39, 0.29) is 16.4 Å².